The van der Waals surface area contributed by atoms with Crippen LogP contribution in [-0.2, 0) is 4.79 Å². The summed E-state index contributed by atoms with van der Waals surface area (Å²) < 4.78 is 111. The van der Waals surface area contributed by atoms with Gasteiger partial charge >= 0.3 is 23.9 Å². The van der Waals surface area contributed by atoms with Gasteiger partial charge in [0.2, 0.25) is 6.08 Å². The first kappa shape index (κ1) is 19.1. The molecule has 118 valence electrons. The molecular formula is C8H6F9NOS. The number of hydrogen-bond acceptors (Lipinski definition) is 3. The van der Waals surface area contributed by atoms with Crippen molar-refractivity contribution in [2.75, 3.05) is 11.6 Å². The van der Waals surface area contributed by atoms with Crippen molar-refractivity contribution in [2.24, 2.45) is 4.99 Å². The summed E-state index contributed by atoms with van der Waals surface area (Å²) in [7, 11) is 0. The molecule has 0 N–H and O–H groups in total. The lowest BCUT2D eigenvalue weighted by Gasteiger charge is -2.33. The Bertz CT molecular complexity index is 375. The molecule has 0 atom stereocenters. The molecular weight excluding hydrogens is 329 g/mol. The molecule has 0 amide bonds. The van der Waals surface area contributed by atoms with Gasteiger partial charge in [-0.1, -0.05) is 0 Å². The average molecular weight is 335 g/mol. The Labute approximate surface area is 110 Å². The van der Waals surface area contributed by atoms with Gasteiger partial charge in [-0.05, 0) is 0 Å². The van der Waals surface area contributed by atoms with Crippen molar-refractivity contribution in [3.8, 4) is 0 Å². The van der Waals surface area contributed by atoms with E-state index in [1.807, 2.05) is 0 Å². The molecule has 0 radical (unpaired) electrons. The van der Waals surface area contributed by atoms with E-state index in [-0.39, 0.29) is 0 Å². The summed E-state index contributed by atoms with van der Waals surface area (Å²) in [5.41, 5.74) is 0. The van der Waals surface area contributed by atoms with Crippen LogP contribution in [0.25, 0.3) is 0 Å². The van der Waals surface area contributed by atoms with E-state index in [2.05, 4.69) is 4.99 Å². The molecule has 0 aromatic carbocycles. The first-order valence-corrected chi connectivity index (χ1v) is 5.78. The zero-order valence-corrected chi connectivity index (χ0v) is 10.1. The molecule has 0 saturated carbocycles. The molecule has 0 rings (SSSR count). The van der Waals surface area contributed by atoms with Gasteiger partial charge in [-0.25, -0.2) is 4.79 Å². The van der Waals surface area contributed by atoms with Crippen LogP contribution in [0.3, 0.4) is 0 Å². The number of halogens is 9. The van der Waals surface area contributed by atoms with Crippen LogP contribution in [0.1, 0.15) is 6.42 Å². The standard InChI is InChI=1S/C8H6F9NOS/c9-5(10,1-2-20-4-18-3-19)6(11,12)7(13,14)8(15,16)17/h1-2,4H2. The Balaban J connectivity index is 4.93. The fourth-order valence-electron chi connectivity index (χ4n) is 0.902. The third-order valence-electron chi connectivity index (χ3n) is 1.99. The first-order chi connectivity index (χ1) is 8.81. The second-order valence-corrected chi connectivity index (χ2v) is 4.46. The molecule has 0 aliphatic carbocycles. The number of nitrogens with zero attached hydrogens (tertiary/aromatic N) is 1. The van der Waals surface area contributed by atoms with Crippen molar-refractivity contribution in [3.63, 3.8) is 0 Å². The van der Waals surface area contributed by atoms with Crippen LogP contribution >= 0.6 is 11.8 Å². The summed E-state index contributed by atoms with van der Waals surface area (Å²) in [4.78, 5) is 12.4. The lowest BCUT2D eigenvalue weighted by Crippen LogP contribution is -2.60. The maximum absolute atomic E-state index is 12.9. The summed E-state index contributed by atoms with van der Waals surface area (Å²) in [6, 6.07) is 0. The zero-order valence-electron chi connectivity index (χ0n) is 9.29. The number of hydrogen-bond donors (Lipinski definition) is 0. The van der Waals surface area contributed by atoms with E-state index in [0.717, 1.165) is 6.08 Å². The quantitative estimate of drug-likeness (QED) is 0.306. The maximum atomic E-state index is 12.9. The average Bonchev–Trinajstić information content (AvgIpc) is 2.26. The first-order valence-electron chi connectivity index (χ1n) is 4.63. The van der Waals surface area contributed by atoms with Crippen molar-refractivity contribution in [1.29, 1.82) is 0 Å². The van der Waals surface area contributed by atoms with Crippen LogP contribution < -0.4 is 0 Å². The van der Waals surface area contributed by atoms with Gasteiger partial charge in [-0.3, -0.25) is 0 Å². The van der Waals surface area contributed by atoms with Gasteiger partial charge < -0.3 is 0 Å². The van der Waals surface area contributed by atoms with Crippen molar-refractivity contribution < 1.29 is 44.3 Å². The van der Waals surface area contributed by atoms with Crippen LogP contribution in [0, 0.1) is 0 Å². The summed E-state index contributed by atoms with van der Waals surface area (Å²) in [6.07, 6.45) is -7.76. The lowest BCUT2D eigenvalue weighted by atomic mass is 10.0. The molecule has 0 aliphatic heterocycles. The Morgan fingerprint density at radius 2 is 1.40 bits per heavy atom. The van der Waals surface area contributed by atoms with Gasteiger partial charge in [0.1, 0.15) is 0 Å². The highest BCUT2D eigenvalue weighted by Gasteiger charge is 2.81. The van der Waals surface area contributed by atoms with Crippen LogP contribution in [0.4, 0.5) is 39.5 Å². The minimum Gasteiger partial charge on any atom is -0.211 e. The number of thioether (sulfide) groups is 1. The highest BCUT2D eigenvalue weighted by molar-refractivity contribution is 7.99. The fourth-order valence-corrected chi connectivity index (χ4v) is 1.58. The third-order valence-corrected chi connectivity index (χ3v) is 2.79. The summed E-state index contributed by atoms with van der Waals surface area (Å²) in [5, 5.41) is 0. The van der Waals surface area contributed by atoms with Gasteiger partial charge in [0.05, 0.1) is 5.88 Å². The molecule has 0 aromatic heterocycles. The largest absolute Gasteiger partial charge is 0.460 e. The number of aliphatic imine (C=N–C) groups is 1. The minimum absolute atomic E-state index is 0.370. The maximum Gasteiger partial charge on any atom is 0.460 e. The normalized spacial score (nSPS) is 14.1. The van der Waals surface area contributed by atoms with Crippen molar-refractivity contribution in [2.45, 2.75) is 30.4 Å². The van der Waals surface area contributed by atoms with Crippen LogP contribution in [-0.4, -0.2) is 41.7 Å². The van der Waals surface area contributed by atoms with Gasteiger partial charge in [0.25, 0.3) is 0 Å². The second-order valence-electron chi connectivity index (χ2n) is 3.39. The summed E-state index contributed by atoms with van der Waals surface area (Å²) >= 11 is 0.370. The van der Waals surface area contributed by atoms with Crippen LogP contribution in [0.5, 0.6) is 0 Å². The molecule has 12 heteroatoms. The summed E-state index contributed by atoms with van der Waals surface area (Å²) in [6.45, 7) is 0. The van der Waals surface area contributed by atoms with E-state index < -0.39 is 42.0 Å². The highest BCUT2D eigenvalue weighted by Crippen LogP contribution is 2.54. The van der Waals surface area contributed by atoms with Crippen LogP contribution in [0.15, 0.2) is 4.99 Å². The van der Waals surface area contributed by atoms with Gasteiger partial charge in [-0.2, -0.15) is 44.5 Å². The highest BCUT2D eigenvalue weighted by atomic mass is 32.2. The molecule has 0 saturated heterocycles. The summed E-state index contributed by atoms with van der Waals surface area (Å²) in [5.74, 6) is -20.4. The second kappa shape index (κ2) is 6.25. The molecule has 20 heavy (non-hydrogen) atoms. The number of carbonyl (C=O) groups excluding carboxylic acids is 1. The number of alkyl halides is 9. The molecule has 0 unspecified atom stereocenters. The predicted octanol–water partition coefficient (Wildman–Crippen LogP) is 3.87. The molecule has 0 aromatic rings. The van der Waals surface area contributed by atoms with Crippen LogP contribution in [0.2, 0.25) is 0 Å². The molecule has 0 bridgehead atoms. The Kier molecular flexibility index (Phi) is 5.97. The van der Waals surface area contributed by atoms with E-state index in [9.17, 15) is 44.3 Å². The zero-order chi connectivity index (χ0) is 16.2. The van der Waals surface area contributed by atoms with Gasteiger partial charge in [0.15, 0.2) is 0 Å². The molecule has 0 spiro atoms. The minimum atomic E-state index is -6.87. The van der Waals surface area contributed by atoms with Gasteiger partial charge in [0, 0.05) is 12.2 Å². The Hall–Kier alpha value is -0.900. The predicted molar refractivity (Wildman–Crippen MR) is 51.0 cm³/mol. The lowest BCUT2D eigenvalue weighted by molar-refractivity contribution is -0.396. The topological polar surface area (TPSA) is 29.4 Å². The van der Waals surface area contributed by atoms with Crippen molar-refractivity contribution >= 4 is 17.8 Å². The van der Waals surface area contributed by atoms with E-state index in [1.54, 1.807) is 0 Å². The Morgan fingerprint density at radius 3 is 1.80 bits per heavy atom. The van der Waals surface area contributed by atoms with E-state index in [4.69, 9.17) is 0 Å². The van der Waals surface area contributed by atoms with Gasteiger partial charge in [-0.15, -0.1) is 11.8 Å². The monoisotopic (exact) mass is 335 g/mol. The molecule has 0 heterocycles. The SMILES string of the molecule is O=C=NCSCCC(F)(F)C(F)(F)C(F)(F)C(F)(F)F. The van der Waals surface area contributed by atoms with E-state index >= 15 is 0 Å². The van der Waals surface area contributed by atoms with Crippen molar-refractivity contribution in [3.05, 3.63) is 0 Å². The number of isocyanates is 1. The smallest absolute Gasteiger partial charge is 0.211 e. The fraction of sp³-hybridized carbons (Fsp3) is 0.875. The molecule has 0 fully saturated rings. The van der Waals surface area contributed by atoms with E-state index in [1.165, 1.54) is 0 Å². The van der Waals surface area contributed by atoms with E-state index in [0.29, 0.717) is 11.8 Å². The number of rotatable bonds is 7. The van der Waals surface area contributed by atoms with Crippen molar-refractivity contribution in [1.82, 2.24) is 0 Å². The third kappa shape index (κ3) is 3.81. The molecule has 0 aliphatic rings. The Morgan fingerprint density at radius 1 is 0.900 bits per heavy atom. The molecule has 2 nitrogen and oxygen atoms in total.